The summed E-state index contributed by atoms with van der Waals surface area (Å²) in [4.78, 5) is 25.1. The summed E-state index contributed by atoms with van der Waals surface area (Å²) >= 11 is 0. The number of hydrogen-bond acceptors (Lipinski definition) is 6. The molecule has 2 fully saturated rings. The Morgan fingerprint density at radius 2 is 2.00 bits per heavy atom. The lowest BCUT2D eigenvalue weighted by molar-refractivity contribution is 0.0673. The van der Waals surface area contributed by atoms with Gasteiger partial charge in [0.1, 0.15) is 11.2 Å². The molecule has 1 saturated heterocycles. The molecule has 0 unspecified atom stereocenters. The first kappa shape index (κ1) is 20.2. The van der Waals surface area contributed by atoms with Gasteiger partial charge in [0.25, 0.3) is 5.56 Å². The Balaban J connectivity index is 1.43. The molecule has 5 rings (SSSR count). The highest BCUT2D eigenvalue weighted by molar-refractivity contribution is 5.73. The lowest BCUT2D eigenvalue weighted by Gasteiger charge is -2.31. The van der Waals surface area contributed by atoms with Crippen LogP contribution in [0.1, 0.15) is 61.9 Å². The Kier molecular flexibility index (Phi) is 5.72. The molecule has 0 aromatic carbocycles. The molecular weight excluding hydrogens is 394 g/mol. The molecule has 31 heavy (non-hydrogen) atoms. The number of nitrogens with zero attached hydrogens (tertiary/aromatic N) is 4. The molecule has 2 aliphatic rings. The van der Waals surface area contributed by atoms with Crippen molar-refractivity contribution in [1.82, 2.24) is 24.7 Å². The Morgan fingerprint density at radius 1 is 1.16 bits per heavy atom. The fourth-order valence-electron chi connectivity index (χ4n) is 5.15. The molecule has 0 amide bonds. The van der Waals surface area contributed by atoms with Crippen molar-refractivity contribution in [2.24, 2.45) is 5.92 Å². The van der Waals surface area contributed by atoms with E-state index in [4.69, 9.17) is 14.5 Å². The number of H-pyrrole nitrogens is 1. The summed E-state index contributed by atoms with van der Waals surface area (Å²) in [6.07, 6.45) is 10.8. The second kappa shape index (κ2) is 8.78. The molecule has 8 heteroatoms. The number of hydrogen-bond donors (Lipinski definition) is 1. The van der Waals surface area contributed by atoms with Crippen LogP contribution in [0.2, 0.25) is 0 Å². The van der Waals surface area contributed by atoms with Gasteiger partial charge in [0.15, 0.2) is 5.65 Å². The maximum absolute atomic E-state index is 12.8. The largest absolute Gasteiger partial charge is 0.481 e. The first-order chi connectivity index (χ1) is 15.2. The first-order valence-corrected chi connectivity index (χ1v) is 11.3. The number of ether oxygens (including phenoxy) is 2. The minimum absolute atomic E-state index is 0.100. The fraction of sp³-hybridized carbons (Fsp3) is 0.565. The zero-order valence-electron chi connectivity index (χ0n) is 17.9. The van der Waals surface area contributed by atoms with Crippen molar-refractivity contribution in [3.63, 3.8) is 0 Å². The molecule has 1 aliphatic carbocycles. The molecule has 0 spiro atoms. The number of aromatic nitrogens is 5. The van der Waals surface area contributed by atoms with Gasteiger partial charge in [0, 0.05) is 31.9 Å². The van der Waals surface area contributed by atoms with E-state index in [0.29, 0.717) is 28.7 Å². The number of fused-ring (bicyclic) bond motifs is 1. The van der Waals surface area contributed by atoms with Gasteiger partial charge in [-0.2, -0.15) is 5.10 Å². The van der Waals surface area contributed by atoms with Crippen LogP contribution in [0.5, 0.6) is 5.88 Å². The highest BCUT2D eigenvalue weighted by atomic mass is 16.5. The van der Waals surface area contributed by atoms with Crippen molar-refractivity contribution in [2.75, 3.05) is 20.3 Å². The number of nitrogens with one attached hydrogen (secondary N) is 1. The first-order valence-electron chi connectivity index (χ1n) is 11.3. The zero-order valence-corrected chi connectivity index (χ0v) is 17.9. The second-order valence-corrected chi connectivity index (χ2v) is 8.67. The summed E-state index contributed by atoms with van der Waals surface area (Å²) in [5, 5.41) is 5.07. The quantitative estimate of drug-likeness (QED) is 0.676. The number of aromatic amines is 1. The van der Waals surface area contributed by atoms with Crippen LogP contribution < -0.4 is 10.3 Å². The van der Waals surface area contributed by atoms with Gasteiger partial charge in [-0.1, -0.05) is 18.9 Å². The molecule has 2 atom stereocenters. The zero-order chi connectivity index (χ0) is 21.2. The molecule has 1 N–H and O–H groups in total. The van der Waals surface area contributed by atoms with Crippen molar-refractivity contribution in [3.05, 3.63) is 46.3 Å². The lowest BCUT2D eigenvalue weighted by atomic mass is 9.74. The van der Waals surface area contributed by atoms with Gasteiger partial charge in [-0.3, -0.25) is 4.79 Å². The predicted octanol–water partition coefficient (Wildman–Crippen LogP) is 3.39. The molecule has 0 radical (unpaired) electrons. The Bertz CT molecular complexity index is 1080. The van der Waals surface area contributed by atoms with E-state index in [1.165, 1.54) is 18.4 Å². The molecule has 0 bridgehead atoms. The van der Waals surface area contributed by atoms with Crippen molar-refractivity contribution >= 4 is 11.0 Å². The molecule has 1 aliphatic heterocycles. The average Bonchev–Trinajstić information content (AvgIpc) is 3.25. The Hall–Kier alpha value is -2.74. The maximum atomic E-state index is 12.8. The molecule has 8 nitrogen and oxygen atoms in total. The third kappa shape index (κ3) is 4.08. The topological polar surface area (TPSA) is 94.9 Å². The van der Waals surface area contributed by atoms with Gasteiger partial charge in [-0.05, 0) is 43.1 Å². The van der Waals surface area contributed by atoms with E-state index in [1.54, 1.807) is 13.3 Å². The van der Waals surface area contributed by atoms with Crippen molar-refractivity contribution in [2.45, 2.75) is 56.9 Å². The van der Waals surface area contributed by atoms with Crippen LogP contribution in [0.3, 0.4) is 0 Å². The summed E-state index contributed by atoms with van der Waals surface area (Å²) in [6.45, 7) is 1.45. The minimum Gasteiger partial charge on any atom is -0.481 e. The monoisotopic (exact) mass is 423 g/mol. The van der Waals surface area contributed by atoms with Crippen molar-refractivity contribution < 1.29 is 9.47 Å². The molecule has 3 aromatic rings. The average molecular weight is 424 g/mol. The lowest BCUT2D eigenvalue weighted by Crippen LogP contribution is -2.24. The van der Waals surface area contributed by atoms with Gasteiger partial charge in [-0.15, -0.1) is 0 Å². The minimum atomic E-state index is -0.100. The second-order valence-electron chi connectivity index (χ2n) is 8.67. The van der Waals surface area contributed by atoms with E-state index < -0.39 is 0 Å². The summed E-state index contributed by atoms with van der Waals surface area (Å²) in [5.41, 5.74) is 1.84. The standard InChI is InChI=1S/C23H29N5O3/c1-30-21-7-6-16(13-24-21)18-5-3-2-4-15(18)12-20-26-22-19(23(29)27-20)14-25-28(22)17-8-10-31-11-9-17/h6-7,13-15,17-18H,2-5,8-12H2,1H3,(H,26,27,29)/t15-,18-/m1/s1. The molecule has 1 saturated carbocycles. The number of pyridine rings is 1. The van der Waals surface area contributed by atoms with Crippen LogP contribution in [-0.2, 0) is 11.2 Å². The van der Waals surface area contributed by atoms with Gasteiger partial charge < -0.3 is 14.5 Å². The summed E-state index contributed by atoms with van der Waals surface area (Å²) in [7, 11) is 1.63. The van der Waals surface area contributed by atoms with Gasteiger partial charge in [-0.25, -0.2) is 14.6 Å². The SMILES string of the molecule is COc1ccc([C@@H]2CCCC[C@@H]2Cc2nc3c(cnn3C3CCOCC3)c(=O)[nH]2)cn1. The number of rotatable bonds is 5. The van der Waals surface area contributed by atoms with Crippen LogP contribution >= 0.6 is 0 Å². The maximum Gasteiger partial charge on any atom is 0.262 e. The Labute approximate surface area is 181 Å². The van der Waals surface area contributed by atoms with E-state index in [1.807, 2.05) is 16.9 Å². The molecule has 164 valence electrons. The summed E-state index contributed by atoms with van der Waals surface area (Å²) in [6, 6.07) is 4.29. The highest BCUT2D eigenvalue weighted by Gasteiger charge is 2.28. The Morgan fingerprint density at radius 3 is 2.77 bits per heavy atom. The van der Waals surface area contributed by atoms with Gasteiger partial charge in [0.2, 0.25) is 5.88 Å². The normalized spacial score (nSPS) is 22.6. The summed E-state index contributed by atoms with van der Waals surface area (Å²) < 4.78 is 12.6. The predicted molar refractivity (Wildman–Crippen MR) is 116 cm³/mol. The fourth-order valence-corrected chi connectivity index (χ4v) is 5.15. The van der Waals surface area contributed by atoms with Crippen LogP contribution in [0.4, 0.5) is 0 Å². The van der Waals surface area contributed by atoms with Crippen molar-refractivity contribution in [3.8, 4) is 5.88 Å². The van der Waals surface area contributed by atoms with Crippen LogP contribution in [0.15, 0.2) is 29.3 Å². The van der Waals surface area contributed by atoms with Crippen LogP contribution in [0, 0.1) is 5.92 Å². The van der Waals surface area contributed by atoms with E-state index in [9.17, 15) is 4.79 Å². The highest BCUT2D eigenvalue weighted by Crippen LogP contribution is 2.39. The van der Waals surface area contributed by atoms with E-state index in [-0.39, 0.29) is 11.6 Å². The molecule has 3 aromatic heterocycles. The third-order valence-electron chi connectivity index (χ3n) is 6.81. The van der Waals surface area contributed by atoms with Crippen LogP contribution in [-0.4, -0.2) is 45.1 Å². The smallest absolute Gasteiger partial charge is 0.262 e. The van der Waals surface area contributed by atoms with Crippen molar-refractivity contribution in [1.29, 1.82) is 0 Å². The van der Waals surface area contributed by atoms with E-state index in [0.717, 1.165) is 51.1 Å². The van der Waals surface area contributed by atoms with Gasteiger partial charge >= 0.3 is 0 Å². The van der Waals surface area contributed by atoms with E-state index >= 15 is 0 Å². The third-order valence-corrected chi connectivity index (χ3v) is 6.81. The number of methoxy groups -OCH3 is 1. The van der Waals surface area contributed by atoms with Gasteiger partial charge in [0.05, 0.1) is 19.3 Å². The summed E-state index contributed by atoms with van der Waals surface area (Å²) in [5.74, 6) is 2.22. The molecule has 4 heterocycles. The van der Waals surface area contributed by atoms with Crippen LogP contribution in [0.25, 0.3) is 11.0 Å². The molecular formula is C23H29N5O3. The van der Waals surface area contributed by atoms with E-state index in [2.05, 4.69) is 21.1 Å².